The summed E-state index contributed by atoms with van der Waals surface area (Å²) in [6.45, 7) is 3.70. The molecule has 7 heteroatoms. The summed E-state index contributed by atoms with van der Waals surface area (Å²) < 4.78 is 29.8. The topological polar surface area (TPSA) is 86.5 Å². The quantitative estimate of drug-likeness (QED) is 0.599. The summed E-state index contributed by atoms with van der Waals surface area (Å²) in [6.07, 6.45) is 0. The molecule has 2 aromatic rings. The van der Waals surface area contributed by atoms with Gasteiger partial charge in [-0.15, -0.1) is 0 Å². The van der Waals surface area contributed by atoms with Crippen LogP contribution in [-0.4, -0.2) is 26.2 Å². The third kappa shape index (κ3) is 3.75. The molecular weight excluding hydrogens is 318 g/mol. The van der Waals surface area contributed by atoms with Crippen LogP contribution < -0.4 is 4.74 Å². The van der Waals surface area contributed by atoms with Crippen LogP contribution in [0.25, 0.3) is 5.57 Å². The molecule has 0 heterocycles. The number of benzene rings is 2. The summed E-state index contributed by atoms with van der Waals surface area (Å²) in [5.41, 5.74) is 0.227. The Kier molecular flexibility index (Phi) is 4.80. The number of nitro groups is 1. The second kappa shape index (κ2) is 6.62. The predicted octanol–water partition coefficient (Wildman–Crippen LogP) is 3.09. The highest BCUT2D eigenvalue weighted by Gasteiger charge is 2.21. The van der Waals surface area contributed by atoms with E-state index >= 15 is 0 Å². The molecule has 0 bridgehead atoms. The summed E-state index contributed by atoms with van der Waals surface area (Å²) in [5.74, 6) is 0.144. The molecule has 0 N–H and O–H groups in total. The van der Waals surface area contributed by atoms with Crippen molar-refractivity contribution in [2.45, 2.75) is 4.90 Å². The van der Waals surface area contributed by atoms with Gasteiger partial charge in [0.05, 0.1) is 28.2 Å². The Morgan fingerprint density at radius 2 is 1.78 bits per heavy atom. The molecule has 120 valence electrons. The molecule has 6 nitrogen and oxygen atoms in total. The number of ether oxygens (including phenoxy) is 1. The normalized spacial score (nSPS) is 11.0. The van der Waals surface area contributed by atoms with Crippen LogP contribution in [-0.2, 0) is 9.84 Å². The first-order valence-corrected chi connectivity index (χ1v) is 8.29. The molecule has 0 atom stereocenters. The van der Waals surface area contributed by atoms with E-state index in [-0.39, 0.29) is 21.7 Å². The Bertz CT molecular complexity index is 841. The molecule has 23 heavy (non-hydrogen) atoms. The van der Waals surface area contributed by atoms with Crippen molar-refractivity contribution >= 4 is 21.1 Å². The molecule has 0 spiro atoms. The Morgan fingerprint density at radius 3 is 2.35 bits per heavy atom. The fourth-order valence-corrected chi connectivity index (χ4v) is 3.44. The summed E-state index contributed by atoms with van der Waals surface area (Å²) in [4.78, 5) is 10.6. The second-order valence-corrected chi connectivity index (χ2v) is 6.80. The summed E-state index contributed by atoms with van der Waals surface area (Å²) in [5, 5.41) is 11.0. The zero-order chi connectivity index (χ0) is 17.0. The minimum absolute atomic E-state index is 0.109. The van der Waals surface area contributed by atoms with Crippen molar-refractivity contribution in [3.05, 3.63) is 70.8 Å². The molecule has 0 radical (unpaired) electrons. The Hall–Kier alpha value is -2.67. The molecule has 0 fully saturated rings. The van der Waals surface area contributed by atoms with Crippen LogP contribution in [0.2, 0.25) is 0 Å². The van der Waals surface area contributed by atoms with Crippen LogP contribution in [0.4, 0.5) is 5.69 Å². The second-order valence-electron chi connectivity index (χ2n) is 4.81. The van der Waals surface area contributed by atoms with E-state index < -0.39 is 20.5 Å². The number of hydrogen-bond donors (Lipinski definition) is 0. The Morgan fingerprint density at radius 1 is 1.17 bits per heavy atom. The largest absolute Gasteiger partial charge is 0.497 e. The first-order valence-electron chi connectivity index (χ1n) is 6.63. The number of methoxy groups -OCH3 is 1. The molecule has 0 saturated heterocycles. The molecule has 0 aromatic heterocycles. The van der Waals surface area contributed by atoms with Crippen LogP contribution in [0.1, 0.15) is 5.56 Å². The van der Waals surface area contributed by atoms with Gasteiger partial charge in [-0.2, -0.15) is 0 Å². The van der Waals surface area contributed by atoms with Gasteiger partial charge >= 0.3 is 0 Å². The molecule has 0 amide bonds. The minimum Gasteiger partial charge on any atom is -0.497 e. The monoisotopic (exact) mass is 333 g/mol. The van der Waals surface area contributed by atoms with Gasteiger partial charge in [-0.3, -0.25) is 10.1 Å². The van der Waals surface area contributed by atoms with Crippen LogP contribution in [0.5, 0.6) is 5.75 Å². The van der Waals surface area contributed by atoms with Gasteiger partial charge in [0.1, 0.15) is 5.75 Å². The number of para-hydroxylation sites is 1. The third-order valence-electron chi connectivity index (χ3n) is 3.26. The highest BCUT2D eigenvalue weighted by molar-refractivity contribution is 7.91. The molecule has 2 aromatic carbocycles. The first kappa shape index (κ1) is 16.7. The van der Waals surface area contributed by atoms with Crippen molar-refractivity contribution in [2.75, 3.05) is 12.9 Å². The van der Waals surface area contributed by atoms with E-state index in [1.165, 1.54) is 37.4 Å². The van der Waals surface area contributed by atoms with Gasteiger partial charge in [0.2, 0.25) is 0 Å². The molecule has 0 saturated carbocycles. The lowest BCUT2D eigenvalue weighted by Crippen LogP contribution is -2.09. The minimum atomic E-state index is -3.65. The molecule has 0 unspecified atom stereocenters. The zero-order valence-corrected chi connectivity index (χ0v) is 13.2. The maximum Gasteiger partial charge on any atom is 0.276 e. The van der Waals surface area contributed by atoms with Gasteiger partial charge in [-0.05, 0) is 35.9 Å². The Balaban J connectivity index is 2.30. The van der Waals surface area contributed by atoms with E-state index in [9.17, 15) is 18.5 Å². The van der Waals surface area contributed by atoms with Crippen molar-refractivity contribution in [2.24, 2.45) is 0 Å². The molecule has 2 rings (SSSR count). The van der Waals surface area contributed by atoms with Gasteiger partial charge in [-0.1, -0.05) is 18.7 Å². The molecular formula is C16H15NO5S. The highest BCUT2D eigenvalue weighted by atomic mass is 32.2. The molecule has 0 aliphatic rings. The van der Waals surface area contributed by atoms with Gasteiger partial charge in [0.25, 0.3) is 5.69 Å². The number of nitro benzene ring substituents is 1. The van der Waals surface area contributed by atoms with E-state index in [2.05, 4.69) is 6.58 Å². The average molecular weight is 333 g/mol. The first-order chi connectivity index (χ1) is 10.8. The highest BCUT2D eigenvalue weighted by Crippen LogP contribution is 2.27. The van der Waals surface area contributed by atoms with E-state index in [4.69, 9.17) is 4.74 Å². The van der Waals surface area contributed by atoms with E-state index in [0.717, 1.165) is 0 Å². The van der Waals surface area contributed by atoms with Crippen molar-refractivity contribution in [3.63, 3.8) is 0 Å². The maximum absolute atomic E-state index is 12.4. The van der Waals surface area contributed by atoms with Crippen molar-refractivity contribution in [3.8, 4) is 5.75 Å². The van der Waals surface area contributed by atoms with Crippen molar-refractivity contribution in [1.29, 1.82) is 0 Å². The lowest BCUT2D eigenvalue weighted by molar-refractivity contribution is -0.385. The zero-order valence-electron chi connectivity index (χ0n) is 12.4. The predicted molar refractivity (Wildman–Crippen MR) is 87.2 cm³/mol. The van der Waals surface area contributed by atoms with Crippen LogP contribution in [0.3, 0.4) is 0 Å². The van der Waals surface area contributed by atoms with Crippen molar-refractivity contribution in [1.82, 2.24) is 0 Å². The van der Waals surface area contributed by atoms with E-state index in [1.807, 2.05) is 0 Å². The van der Waals surface area contributed by atoms with E-state index in [1.54, 1.807) is 18.2 Å². The Labute approximate surface area is 134 Å². The summed E-state index contributed by atoms with van der Waals surface area (Å²) in [7, 11) is -2.17. The summed E-state index contributed by atoms with van der Waals surface area (Å²) in [6, 6.07) is 11.9. The molecule has 0 aliphatic heterocycles. The lowest BCUT2D eigenvalue weighted by Gasteiger charge is -2.09. The lowest BCUT2D eigenvalue weighted by atomic mass is 10.1. The maximum atomic E-state index is 12.4. The van der Waals surface area contributed by atoms with E-state index in [0.29, 0.717) is 5.75 Å². The number of rotatable bonds is 6. The average Bonchev–Trinajstić information content (AvgIpc) is 2.54. The van der Waals surface area contributed by atoms with Crippen LogP contribution in [0.15, 0.2) is 60.0 Å². The summed E-state index contributed by atoms with van der Waals surface area (Å²) >= 11 is 0. The number of nitrogens with zero attached hydrogens (tertiary/aromatic N) is 1. The third-order valence-corrected chi connectivity index (χ3v) is 4.98. The SMILES string of the molecule is C=C(CS(=O)(=O)c1ccc(OC)cc1)c1ccccc1[N+](=O)[O-]. The smallest absolute Gasteiger partial charge is 0.276 e. The fourth-order valence-electron chi connectivity index (χ4n) is 2.11. The molecule has 0 aliphatic carbocycles. The van der Waals surface area contributed by atoms with Crippen molar-refractivity contribution < 1.29 is 18.1 Å². The standard InChI is InChI=1S/C16H15NO5S/c1-12(15-5-3-4-6-16(15)17(18)19)11-23(20,21)14-9-7-13(22-2)8-10-14/h3-10H,1,11H2,2H3. The van der Waals surface area contributed by atoms with Gasteiger partial charge in [0.15, 0.2) is 9.84 Å². The fraction of sp³-hybridized carbons (Fsp3) is 0.125. The van der Waals surface area contributed by atoms with Gasteiger partial charge in [0, 0.05) is 6.07 Å². The van der Waals surface area contributed by atoms with Crippen LogP contribution in [0, 0.1) is 10.1 Å². The number of sulfone groups is 1. The van der Waals surface area contributed by atoms with Gasteiger partial charge in [-0.25, -0.2) is 8.42 Å². The van der Waals surface area contributed by atoms with Gasteiger partial charge < -0.3 is 4.74 Å². The number of hydrogen-bond acceptors (Lipinski definition) is 5. The van der Waals surface area contributed by atoms with Crippen LogP contribution >= 0.6 is 0 Å².